The standard InChI is InChI=1S/C23H30N8OS/c1-16-5-6-17(29-33-14-18-4-3-11-32-18)12-19(16)27-22-21-20(25-15-26-22)13-24-23(28-21)31-9-7-30(2)8-10-31/h5-6,12-13,15,18,29H,3-4,7-11,14H2,1-2H3,(H,25,26,27). The summed E-state index contributed by atoms with van der Waals surface area (Å²) in [6.07, 6.45) is 6.01. The van der Waals surface area contributed by atoms with Gasteiger partial charge in [-0.15, -0.1) is 0 Å². The number of rotatable bonds is 7. The first-order valence-corrected chi connectivity index (χ1v) is 12.4. The van der Waals surface area contributed by atoms with Crippen molar-refractivity contribution in [3.8, 4) is 0 Å². The molecule has 0 bridgehead atoms. The molecule has 1 aromatic carbocycles. The maximum Gasteiger partial charge on any atom is 0.226 e. The maximum absolute atomic E-state index is 5.71. The molecule has 0 saturated carbocycles. The zero-order valence-electron chi connectivity index (χ0n) is 19.1. The van der Waals surface area contributed by atoms with Gasteiger partial charge in [0.25, 0.3) is 0 Å². The van der Waals surface area contributed by atoms with Gasteiger partial charge in [-0.25, -0.2) is 19.9 Å². The highest BCUT2D eigenvalue weighted by molar-refractivity contribution is 8.00. The molecule has 0 radical (unpaired) electrons. The van der Waals surface area contributed by atoms with E-state index in [4.69, 9.17) is 9.72 Å². The topological polar surface area (TPSA) is 91.3 Å². The fraction of sp³-hybridized carbons (Fsp3) is 0.478. The summed E-state index contributed by atoms with van der Waals surface area (Å²) in [7, 11) is 2.14. The summed E-state index contributed by atoms with van der Waals surface area (Å²) in [6, 6.07) is 6.30. The number of anilines is 4. The zero-order valence-corrected chi connectivity index (χ0v) is 19.9. The second-order valence-electron chi connectivity index (χ2n) is 8.62. The van der Waals surface area contributed by atoms with Gasteiger partial charge in [0.2, 0.25) is 5.95 Å². The van der Waals surface area contributed by atoms with E-state index in [1.165, 1.54) is 0 Å². The van der Waals surface area contributed by atoms with Gasteiger partial charge in [0.05, 0.1) is 12.3 Å². The van der Waals surface area contributed by atoms with Crippen LogP contribution in [0.15, 0.2) is 30.7 Å². The van der Waals surface area contributed by atoms with Gasteiger partial charge in [-0.1, -0.05) is 6.07 Å². The van der Waals surface area contributed by atoms with Crippen molar-refractivity contribution in [3.05, 3.63) is 36.3 Å². The third-order valence-electron chi connectivity index (χ3n) is 6.12. The number of likely N-dealkylation sites (N-methyl/N-ethyl adjacent to an activating group) is 1. The lowest BCUT2D eigenvalue weighted by atomic mass is 10.2. The molecule has 1 unspecified atom stereocenters. The third kappa shape index (κ3) is 5.29. The highest BCUT2D eigenvalue weighted by Crippen LogP contribution is 2.28. The molecule has 3 aromatic rings. The van der Waals surface area contributed by atoms with Crippen LogP contribution < -0.4 is 14.9 Å². The third-order valence-corrected chi connectivity index (χ3v) is 7.04. The van der Waals surface area contributed by atoms with Gasteiger partial charge in [-0.3, -0.25) is 0 Å². The molecule has 2 saturated heterocycles. The van der Waals surface area contributed by atoms with Crippen LogP contribution in [0.1, 0.15) is 18.4 Å². The Morgan fingerprint density at radius 3 is 2.85 bits per heavy atom. The molecule has 0 amide bonds. The van der Waals surface area contributed by atoms with Crippen molar-refractivity contribution in [1.82, 2.24) is 24.8 Å². The number of fused-ring (bicyclic) bond motifs is 1. The number of benzene rings is 1. The molecule has 2 aliphatic heterocycles. The van der Waals surface area contributed by atoms with Crippen molar-refractivity contribution in [2.75, 3.05) is 60.5 Å². The van der Waals surface area contributed by atoms with Crippen LogP contribution in [0.3, 0.4) is 0 Å². The number of piperazine rings is 1. The van der Waals surface area contributed by atoms with Crippen LogP contribution >= 0.6 is 11.9 Å². The van der Waals surface area contributed by atoms with Crippen molar-refractivity contribution < 1.29 is 4.74 Å². The number of hydrogen-bond donors (Lipinski definition) is 2. The summed E-state index contributed by atoms with van der Waals surface area (Å²) in [4.78, 5) is 22.8. The molecule has 0 aliphatic carbocycles. The largest absolute Gasteiger partial charge is 0.377 e. The SMILES string of the molecule is Cc1ccc(NSCC2CCCO2)cc1Nc1ncnc2cnc(N3CCN(C)CC3)nc12. The molecule has 10 heteroatoms. The summed E-state index contributed by atoms with van der Waals surface area (Å²) < 4.78 is 9.15. The van der Waals surface area contributed by atoms with Crippen molar-refractivity contribution in [2.45, 2.75) is 25.9 Å². The molecule has 9 nitrogen and oxygen atoms in total. The Labute approximate surface area is 198 Å². The number of hydrogen-bond acceptors (Lipinski definition) is 10. The smallest absolute Gasteiger partial charge is 0.226 e. The first-order chi connectivity index (χ1) is 16.2. The number of nitrogens with one attached hydrogen (secondary N) is 2. The van der Waals surface area contributed by atoms with Gasteiger partial charge in [0, 0.05) is 49.9 Å². The lowest BCUT2D eigenvalue weighted by molar-refractivity contribution is 0.129. The molecule has 5 rings (SSSR count). The molecule has 4 heterocycles. The predicted molar refractivity (Wildman–Crippen MR) is 134 cm³/mol. The molecule has 1 atom stereocenters. The van der Waals surface area contributed by atoms with Gasteiger partial charge in [-0.2, -0.15) is 0 Å². The average molecular weight is 467 g/mol. The van der Waals surface area contributed by atoms with Gasteiger partial charge in [-0.05, 0) is 56.5 Å². The molecule has 2 N–H and O–H groups in total. The Morgan fingerprint density at radius 2 is 2.03 bits per heavy atom. The van der Waals surface area contributed by atoms with E-state index in [1.54, 1.807) is 24.5 Å². The fourth-order valence-corrected chi connectivity index (χ4v) is 4.86. The minimum absolute atomic E-state index is 0.354. The van der Waals surface area contributed by atoms with Crippen molar-refractivity contribution in [3.63, 3.8) is 0 Å². The fourth-order valence-electron chi connectivity index (χ4n) is 4.04. The van der Waals surface area contributed by atoms with E-state index in [1.807, 2.05) is 0 Å². The van der Waals surface area contributed by atoms with Gasteiger partial charge in [0.1, 0.15) is 17.4 Å². The van der Waals surface area contributed by atoms with Crippen LogP contribution in [0.5, 0.6) is 0 Å². The second kappa shape index (κ2) is 10.1. The second-order valence-corrected chi connectivity index (χ2v) is 9.45. The first-order valence-electron chi connectivity index (χ1n) is 11.4. The lowest BCUT2D eigenvalue weighted by Crippen LogP contribution is -2.45. The minimum atomic E-state index is 0.354. The Balaban J connectivity index is 1.34. The number of nitrogens with zero attached hydrogens (tertiary/aromatic N) is 6. The van der Waals surface area contributed by atoms with Crippen LogP contribution in [0.4, 0.5) is 23.1 Å². The minimum Gasteiger partial charge on any atom is -0.377 e. The van der Waals surface area contributed by atoms with Crippen molar-refractivity contribution in [2.24, 2.45) is 0 Å². The van der Waals surface area contributed by atoms with Crippen LogP contribution in [-0.4, -0.2) is 76.5 Å². The summed E-state index contributed by atoms with van der Waals surface area (Å²) in [5.41, 5.74) is 4.61. The molecular formula is C23H30N8OS. The maximum atomic E-state index is 5.71. The quantitative estimate of drug-likeness (QED) is 0.504. The number of aromatic nitrogens is 4. The monoisotopic (exact) mass is 466 g/mol. The molecule has 0 spiro atoms. The van der Waals surface area contributed by atoms with Crippen LogP contribution in [-0.2, 0) is 4.74 Å². The summed E-state index contributed by atoms with van der Waals surface area (Å²) in [5.74, 6) is 2.36. The predicted octanol–water partition coefficient (Wildman–Crippen LogP) is 3.46. The van der Waals surface area contributed by atoms with Crippen LogP contribution in [0, 0.1) is 6.92 Å². The average Bonchev–Trinajstić information content (AvgIpc) is 3.35. The van der Waals surface area contributed by atoms with Gasteiger partial charge in [0.15, 0.2) is 5.82 Å². The summed E-state index contributed by atoms with van der Waals surface area (Å²) in [5, 5.41) is 3.48. The van der Waals surface area contributed by atoms with Crippen molar-refractivity contribution in [1.29, 1.82) is 0 Å². The summed E-state index contributed by atoms with van der Waals surface area (Å²) >= 11 is 1.69. The molecule has 174 valence electrons. The number of ether oxygens (including phenoxy) is 1. The molecular weight excluding hydrogens is 436 g/mol. The molecule has 2 aliphatic rings. The van der Waals surface area contributed by atoms with Gasteiger partial charge < -0.3 is 24.6 Å². The van der Waals surface area contributed by atoms with Crippen LogP contribution in [0.25, 0.3) is 11.0 Å². The molecule has 2 aromatic heterocycles. The van der Waals surface area contributed by atoms with E-state index in [0.717, 1.165) is 85.3 Å². The molecule has 33 heavy (non-hydrogen) atoms. The van der Waals surface area contributed by atoms with E-state index in [2.05, 4.69) is 67.0 Å². The normalized spacial score (nSPS) is 19.2. The Hall–Kier alpha value is -2.69. The van der Waals surface area contributed by atoms with E-state index >= 15 is 0 Å². The Kier molecular flexibility index (Phi) is 6.75. The Bertz CT molecular complexity index is 1100. The van der Waals surface area contributed by atoms with E-state index in [9.17, 15) is 0 Å². The van der Waals surface area contributed by atoms with Crippen LogP contribution in [0.2, 0.25) is 0 Å². The lowest BCUT2D eigenvalue weighted by Gasteiger charge is -2.32. The van der Waals surface area contributed by atoms with E-state index in [0.29, 0.717) is 11.9 Å². The molecule has 2 fully saturated rings. The van der Waals surface area contributed by atoms with Crippen molar-refractivity contribution >= 4 is 46.1 Å². The van der Waals surface area contributed by atoms with E-state index in [-0.39, 0.29) is 0 Å². The van der Waals surface area contributed by atoms with Gasteiger partial charge >= 0.3 is 0 Å². The number of aryl methyl sites for hydroxylation is 1. The van der Waals surface area contributed by atoms with E-state index < -0.39 is 0 Å². The summed E-state index contributed by atoms with van der Waals surface area (Å²) in [6.45, 7) is 6.80. The first kappa shape index (κ1) is 22.1. The highest BCUT2D eigenvalue weighted by Gasteiger charge is 2.18. The highest BCUT2D eigenvalue weighted by atomic mass is 32.2. The zero-order chi connectivity index (χ0) is 22.6. The Morgan fingerprint density at radius 1 is 1.15 bits per heavy atom.